The monoisotopic (exact) mass is 643 g/mol. The zero-order valence-electron chi connectivity index (χ0n) is 21.4. The number of nitrogens with one attached hydrogen (secondary N) is 1. The molecule has 1 N–H and O–H groups in total. The molecule has 5 rings (SSSR count). The molecule has 1 fully saturated rings. The number of halogens is 5. The third-order valence-electron chi connectivity index (χ3n) is 6.51. The molecule has 2 aliphatic heterocycles. The largest absolute Gasteiger partial charge is 0.492 e. The number of carbonyl (C=O) groups is 2. The first-order valence-electron chi connectivity index (χ1n) is 12.4. The second-order valence-electron chi connectivity index (χ2n) is 9.18. The summed E-state index contributed by atoms with van der Waals surface area (Å²) in [4.78, 5) is 44.7. The minimum atomic E-state index is -3.90. The van der Waals surface area contributed by atoms with E-state index in [9.17, 15) is 23.2 Å². The molecule has 0 spiro atoms. The van der Waals surface area contributed by atoms with Crippen molar-refractivity contribution in [2.75, 3.05) is 31.3 Å². The highest BCUT2D eigenvalue weighted by Crippen LogP contribution is 2.42. The SMILES string of the molecule is CCOc1cc2c(cc1N1CCOCC1=O)CN(C(=O)c1c(Sc3c(Cl)cccc3Cl)cc(C(F)(F)Cl)[nH]c1=O)C2. The second kappa shape index (κ2) is 11.8. The van der Waals surface area contributed by atoms with Gasteiger partial charge >= 0.3 is 5.38 Å². The third-order valence-corrected chi connectivity index (χ3v) is 8.76. The van der Waals surface area contributed by atoms with Crippen LogP contribution in [-0.4, -0.2) is 48.1 Å². The number of aromatic nitrogens is 1. The normalized spacial score (nSPS) is 15.3. The van der Waals surface area contributed by atoms with Crippen LogP contribution in [0.4, 0.5) is 14.5 Å². The lowest BCUT2D eigenvalue weighted by atomic mass is 10.1. The standard InChI is InChI=1S/C27H22Cl3F2N3O5S/c1-2-40-19-9-15-12-34(11-14(15)8-18(19)35-6-7-39-13-22(35)36)26(38)23-20(10-21(27(30,31)32)33-25(23)37)41-24-16(28)4-3-5-17(24)29/h3-5,8-10H,2,6-7,11-13H2,1H3,(H,33,37). The van der Waals surface area contributed by atoms with Gasteiger partial charge < -0.3 is 24.3 Å². The number of alkyl halides is 3. The van der Waals surface area contributed by atoms with Crippen LogP contribution in [0, 0.1) is 0 Å². The molecule has 1 aromatic heterocycles. The van der Waals surface area contributed by atoms with Gasteiger partial charge in [0.1, 0.15) is 23.6 Å². The average molecular weight is 645 g/mol. The molecule has 2 aromatic carbocycles. The number of H-pyrrole nitrogens is 1. The van der Waals surface area contributed by atoms with Crippen LogP contribution < -0.4 is 15.2 Å². The average Bonchev–Trinajstić information content (AvgIpc) is 3.33. The molecular weight excluding hydrogens is 623 g/mol. The Morgan fingerprint density at radius 2 is 1.83 bits per heavy atom. The van der Waals surface area contributed by atoms with Crippen LogP contribution in [0.15, 0.2) is 51.0 Å². The summed E-state index contributed by atoms with van der Waals surface area (Å²) in [6, 6.07) is 9.21. The molecule has 0 unspecified atom stereocenters. The molecule has 8 nitrogen and oxygen atoms in total. The number of benzene rings is 2. The van der Waals surface area contributed by atoms with Gasteiger partial charge in [-0.2, -0.15) is 8.78 Å². The lowest BCUT2D eigenvalue weighted by molar-refractivity contribution is -0.125. The Morgan fingerprint density at radius 3 is 2.46 bits per heavy atom. The van der Waals surface area contributed by atoms with Gasteiger partial charge in [-0.3, -0.25) is 14.4 Å². The first kappa shape index (κ1) is 29.7. The predicted octanol–water partition coefficient (Wildman–Crippen LogP) is 6.04. The van der Waals surface area contributed by atoms with E-state index >= 15 is 0 Å². The maximum atomic E-state index is 14.0. The molecule has 0 saturated carbocycles. The highest BCUT2D eigenvalue weighted by Gasteiger charge is 2.35. The molecule has 0 bridgehead atoms. The van der Waals surface area contributed by atoms with Crippen molar-refractivity contribution < 1.29 is 27.8 Å². The Balaban J connectivity index is 1.52. The highest BCUT2D eigenvalue weighted by atomic mass is 35.5. The van der Waals surface area contributed by atoms with Crippen LogP contribution in [-0.2, 0) is 28.0 Å². The van der Waals surface area contributed by atoms with Crippen molar-refractivity contribution in [3.63, 3.8) is 0 Å². The van der Waals surface area contributed by atoms with Gasteiger partial charge in [0.05, 0.1) is 28.9 Å². The van der Waals surface area contributed by atoms with E-state index in [1.807, 2.05) is 11.9 Å². The van der Waals surface area contributed by atoms with E-state index in [1.54, 1.807) is 35.2 Å². The summed E-state index contributed by atoms with van der Waals surface area (Å²) in [5, 5.41) is -3.47. The molecule has 0 radical (unpaired) electrons. The second-order valence-corrected chi connectivity index (χ2v) is 11.5. The number of amides is 2. The number of aromatic amines is 1. The lowest BCUT2D eigenvalue weighted by Gasteiger charge is -2.28. The molecule has 2 amide bonds. The maximum absolute atomic E-state index is 14.0. The summed E-state index contributed by atoms with van der Waals surface area (Å²) in [7, 11) is 0. The van der Waals surface area contributed by atoms with Crippen LogP contribution in [0.3, 0.4) is 0 Å². The van der Waals surface area contributed by atoms with E-state index < -0.39 is 22.5 Å². The Labute approximate surface area is 252 Å². The van der Waals surface area contributed by atoms with Crippen molar-refractivity contribution >= 4 is 64.1 Å². The lowest BCUT2D eigenvalue weighted by Crippen LogP contribution is -2.41. The van der Waals surface area contributed by atoms with Crippen molar-refractivity contribution in [2.45, 2.75) is 35.2 Å². The van der Waals surface area contributed by atoms with Crippen LogP contribution in [0.1, 0.15) is 34.1 Å². The van der Waals surface area contributed by atoms with Crippen molar-refractivity contribution in [3.8, 4) is 5.75 Å². The third kappa shape index (κ3) is 6.05. The van der Waals surface area contributed by atoms with E-state index in [0.717, 1.165) is 29.0 Å². The van der Waals surface area contributed by atoms with Gasteiger partial charge in [0.2, 0.25) is 0 Å². The number of fused-ring (bicyclic) bond motifs is 1. The van der Waals surface area contributed by atoms with Gasteiger partial charge in [0, 0.05) is 29.4 Å². The van der Waals surface area contributed by atoms with E-state index in [0.29, 0.717) is 31.2 Å². The Morgan fingerprint density at radius 1 is 1.15 bits per heavy atom. The number of hydrogen-bond donors (Lipinski definition) is 1. The van der Waals surface area contributed by atoms with Crippen molar-refractivity contribution in [3.05, 3.63) is 79.2 Å². The number of ether oxygens (including phenoxy) is 2. The van der Waals surface area contributed by atoms with Gasteiger partial charge in [0.25, 0.3) is 17.4 Å². The molecule has 1 saturated heterocycles. The number of nitrogens with zero attached hydrogens (tertiary/aromatic N) is 2. The number of pyridine rings is 1. The predicted molar refractivity (Wildman–Crippen MR) is 152 cm³/mol. The minimum absolute atomic E-state index is 0.0523. The summed E-state index contributed by atoms with van der Waals surface area (Å²) in [5.41, 5.74) is -0.211. The molecule has 0 atom stereocenters. The molecule has 3 aromatic rings. The maximum Gasteiger partial charge on any atom is 0.362 e. The first-order chi connectivity index (χ1) is 19.5. The van der Waals surface area contributed by atoms with E-state index in [2.05, 4.69) is 0 Å². The number of rotatable bonds is 7. The zero-order valence-corrected chi connectivity index (χ0v) is 24.5. The van der Waals surface area contributed by atoms with Gasteiger partial charge in [-0.1, -0.05) is 41.0 Å². The highest BCUT2D eigenvalue weighted by molar-refractivity contribution is 7.99. The van der Waals surface area contributed by atoms with E-state index in [1.165, 1.54) is 4.90 Å². The summed E-state index contributed by atoms with van der Waals surface area (Å²) in [6.45, 7) is 3.06. The Kier molecular flexibility index (Phi) is 8.54. The van der Waals surface area contributed by atoms with Crippen molar-refractivity contribution in [2.24, 2.45) is 0 Å². The van der Waals surface area contributed by atoms with Gasteiger partial charge in [-0.15, -0.1) is 0 Å². The van der Waals surface area contributed by atoms with Crippen LogP contribution >= 0.6 is 46.6 Å². The number of morpholine rings is 1. The Hall–Kier alpha value is -2.83. The summed E-state index contributed by atoms with van der Waals surface area (Å²) >= 11 is 18.6. The fourth-order valence-electron chi connectivity index (χ4n) is 4.63. The quantitative estimate of drug-likeness (QED) is 0.316. The Bertz CT molecular complexity index is 1580. The van der Waals surface area contributed by atoms with Crippen LogP contribution in [0.5, 0.6) is 5.75 Å². The van der Waals surface area contributed by atoms with Gasteiger partial charge in [-0.25, -0.2) is 0 Å². The molecule has 3 heterocycles. The van der Waals surface area contributed by atoms with E-state index in [4.69, 9.17) is 44.3 Å². The first-order valence-corrected chi connectivity index (χ1v) is 14.3. The fraction of sp³-hybridized carbons (Fsp3) is 0.296. The van der Waals surface area contributed by atoms with Crippen LogP contribution in [0.25, 0.3) is 0 Å². The fourth-order valence-corrected chi connectivity index (χ4v) is 6.37. The summed E-state index contributed by atoms with van der Waals surface area (Å²) in [5.74, 6) is -0.433. The minimum Gasteiger partial charge on any atom is -0.492 e. The zero-order chi connectivity index (χ0) is 29.5. The molecular formula is C27H22Cl3F2N3O5S. The number of anilines is 1. The molecule has 14 heteroatoms. The molecule has 0 aliphatic carbocycles. The van der Waals surface area contributed by atoms with Gasteiger partial charge in [0.15, 0.2) is 0 Å². The van der Waals surface area contributed by atoms with E-state index in [-0.39, 0.29) is 51.0 Å². The smallest absolute Gasteiger partial charge is 0.362 e. The van der Waals surface area contributed by atoms with Gasteiger partial charge in [-0.05, 0) is 60.0 Å². The van der Waals surface area contributed by atoms with Crippen molar-refractivity contribution in [1.82, 2.24) is 9.88 Å². The summed E-state index contributed by atoms with van der Waals surface area (Å²) < 4.78 is 39.1. The molecule has 2 aliphatic rings. The molecule has 41 heavy (non-hydrogen) atoms. The number of carbonyl (C=O) groups excluding carboxylic acids is 2. The molecule has 216 valence electrons. The van der Waals surface area contributed by atoms with Crippen LogP contribution in [0.2, 0.25) is 10.0 Å². The topological polar surface area (TPSA) is 91.9 Å². The van der Waals surface area contributed by atoms with Crippen molar-refractivity contribution in [1.29, 1.82) is 0 Å². The number of hydrogen-bond acceptors (Lipinski definition) is 6. The summed E-state index contributed by atoms with van der Waals surface area (Å²) in [6.07, 6.45) is 0.